The highest BCUT2D eigenvalue weighted by Crippen LogP contribution is 2.68. The van der Waals surface area contributed by atoms with Gasteiger partial charge in [-0.3, -0.25) is 14.4 Å². The van der Waals surface area contributed by atoms with Gasteiger partial charge >= 0.3 is 11.9 Å². The molecule has 7 nitrogen and oxygen atoms in total. The zero-order chi connectivity index (χ0) is 21.5. The van der Waals surface area contributed by atoms with E-state index in [1.165, 1.54) is 6.92 Å². The van der Waals surface area contributed by atoms with Crippen LogP contribution in [0.5, 0.6) is 0 Å². The number of Topliss-reactive ketones (excluding diaryl/α,β-unsaturated/α-hetero) is 1. The first kappa shape index (κ1) is 20.8. The Morgan fingerprint density at radius 1 is 1.14 bits per heavy atom. The first-order valence-electron chi connectivity index (χ1n) is 10.7. The fourth-order valence-corrected chi connectivity index (χ4v) is 7.77. The Morgan fingerprint density at radius 3 is 2.41 bits per heavy atom. The molecule has 0 aromatic rings. The number of esters is 2. The average molecular weight is 408 g/mol. The number of rotatable bonds is 1. The van der Waals surface area contributed by atoms with Gasteiger partial charge < -0.3 is 19.7 Å². The first-order chi connectivity index (χ1) is 13.4. The third-order valence-electron chi connectivity index (χ3n) is 8.96. The molecule has 0 bridgehead atoms. The molecule has 0 unspecified atom stereocenters. The molecule has 2 N–H and O–H groups in total. The summed E-state index contributed by atoms with van der Waals surface area (Å²) in [5, 5.41) is 22.0. The largest absolute Gasteiger partial charge is 0.462 e. The van der Waals surface area contributed by atoms with Crippen LogP contribution >= 0.6 is 0 Å². The third-order valence-corrected chi connectivity index (χ3v) is 8.96. The molecular weight excluding hydrogens is 376 g/mol. The lowest BCUT2D eigenvalue weighted by Gasteiger charge is -2.68. The number of carbonyl (C=O) groups excluding carboxylic acids is 3. The van der Waals surface area contributed by atoms with E-state index < -0.39 is 47.1 Å². The molecular formula is C22H32O7. The van der Waals surface area contributed by atoms with E-state index in [2.05, 4.69) is 0 Å². The van der Waals surface area contributed by atoms with E-state index in [0.29, 0.717) is 12.8 Å². The smallest absolute Gasteiger partial charge is 0.306 e. The molecule has 4 rings (SSSR count). The second kappa shape index (κ2) is 6.51. The summed E-state index contributed by atoms with van der Waals surface area (Å²) in [6.07, 6.45) is -2.28. The standard InChI is InChI=1S/C22H32O7/c1-9-6-14(24)20(27)22(5)12(9)7-15-21(4)13(8-16(25)29-15)10(2)18(28-11(3)23)17(26)19(21)22/h9-10,12-15,17-19,24,26H,6-8H2,1-5H3/t9-,10-,12+,13+,14+,15+,17-,18-,19+,21-,22-/m1/s1. The number of fused-ring (bicyclic) bond motifs is 2. The molecule has 1 aliphatic heterocycles. The normalized spacial score (nSPS) is 54.1. The molecule has 0 amide bonds. The van der Waals surface area contributed by atoms with Gasteiger partial charge in [0.15, 0.2) is 5.78 Å². The molecule has 3 saturated carbocycles. The molecule has 0 aromatic heterocycles. The van der Waals surface area contributed by atoms with E-state index in [1.807, 2.05) is 27.7 Å². The zero-order valence-corrected chi connectivity index (χ0v) is 17.8. The summed E-state index contributed by atoms with van der Waals surface area (Å²) in [7, 11) is 0. The minimum Gasteiger partial charge on any atom is -0.462 e. The van der Waals surface area contributed by atoms with Crippen LogP contribution in [0.1, 0.15) is 53.9 Å². The SMILES string of the molecule is CC(=O)O[C@@H]1[C@H](C)[C@@H]2CC(=O)O[C@H]3C[C@H]4[C@H](C)C[C@H](O)C(=O)[C@@]4(C)[C@@H]([C@@H]1O)[C@@]32C. The Labute approximate surface area is 171 Å². The second-order valence-electron chi connectivity index (χ2n) is 10.3. The Morgan fingerprint density at radius 2 is 1.79 bits per heavy atom. The van der Waals surface area contributed by atoms with Gasteiger partial charge in [0.25, 0.3) is 0 Å². The van der Waals surface area contributed by atoms with Crippen molar-refractivity contribution in [2.75, 3.05) is 0 Å². The first-order valence-corrected chi connectivity index (χ1v) is 10.7. The van der Waals surface area contributed by atoms with Crippen LogP contribution < -0.4 is 0 Å². The number of ether oxygens (including phenoxy) is 2. The van der Waals surface area contributed by atoms with Crippen LogP contribution in [0, 0.1) is 40.4 Å². The quantitative estimate of drug-likeness (QED) is 0.632. The van der Waals surface area contributed by atoms with E-state index in [-0.39, 0.29) is 41.8 Å². The van der Waals surface area contributed by atoms with Gasteiger partial charge in [-0.25, -0.2) is 0 Å². The van der Waals surface area contributed by atoms with E-state index in [4.69, 9.17) is 9.47 Å². The number of aliphatic hydroxyl groups is 2. The molecule has 0 aromatic carbocycles. The van der Waals surface area contributed by atoms with Gasteiger partial charge in [-0.2, -0.15) is 0 Å². The highest BCUT2D eigenvalue weighted by Gasteiger charge is 2.73. The maximum atomic E-state index is 13.4. The number of aliphatic hydroxyl groups excluding tert-OH is 2. The summed E-state index contributed by atoms with van der Waals surface area (Å²) < 4.78 is 11.4. The fourth-order valence-electron chi connectivity index (χ4n) is 7.77. The van der Waals surface area contributed by atoms with Crippen molar-refractivity contribution >= 4 is 17.7 Å². The van der Waals surface area contributed by atoms with Crippen LogP contribution in [-0.4, -0.2) is 52.4 Å². The monoisotopic (exact) mass is 408 g/mol. The summed E-state index contributed by atoms with van der Waals surface area (Å²) >= 11 is 0. The molecule has 7 heteroatoms. The van der Waals surface area contributed by atoms with Crippen LogP contribution in [-0.2, 0) is 23.9 Å². The third kappa shape index (κ3) is 2.59. The molecule has 3 aliphatic carbocycles. The van der Waals surface area contributed by atoms with Crippen molar-refractivity contribution in [3.05, 3.63) is 0 Å². The van der Waals surface area contributed by atoms with Crippen LogP contribution in [0.15, 0.2) is 0 Å². The van der Waals surface area contributed by atoms with Crippen molar-refractivity contribution in [3.8, 4) is 0 Å². The minimum atomic E-state index is -1.08. The molecule has 0 radical (unpaired) electrons. The van der Waals surface area contributed by atoms with Crippen LogP contribution in [0.25, 0.3) is 0 Å². The number of carbonyl (C=O) groups is 3. The fraction of sp³-hybridized carbons (Fsp3) is 0.864. The summed E-state index contributed by atoms with van der Waals surface area (Å²) in [5.74, 6) is -2.15. The number of hydrogen-bond acceptors (Lipinski definition) is 7. The van der Waals surface area contributed by atoms with Gasteiger partial charge in [0.2, 0.25) is 0 Å². The Kier molecular flexibility index (Phi) is 4.67. The highest BCUT2D eigenvalue weighted by atomic mass is 16.6. The molecule has 29 heavy (non-hydrogen) atoms. The molecule has 1 heterocycles. The number of hydrogen-bond donors (Lipinski definition) is 2. The van der Waals surface area contributed by atoms with E-state index >= 15 is 0 Å². The van der Waals surface area contributed by atoms with Gasteiger partial charge in [-0.1, -0.05) is 27.7 Å². The summed E-state index contributed by atoms with van der Waals surface area (Å²) in [6.45, 7) is 9.05. The van der Waals surface area contributed by atoms with Gasteiger partial charge in [0.05, 0.1) is 6.10 Å². The van der Waals surface area contributed by atoms with Crippen molar-refractivity contribution in [1.29, 1.82) is 0 Å². The molecule has 1 saturated heterocycles. The van der Waals surface area contributed by atoms with Gasteiger partial charge in [0.1, 0.15) is 18.3 Å². The van der Waals surface area contributed by atoms with Gasteiger partial charge in [-0.05, 0) is 36.5 Å². The van der Waals surface area contributed by atoms with Crippen molar-refractivity contribution in [2.24, 2.45) is 40.4 Å². The van der Waals surface area contributed by atoms with Crippen LogP contribution in [0.3, 0.4) is 0 Å². The van der Waals surface area contributed by atoms with E-state index in [9.17, 15) is 24.6 Å². The predicted molar refractivity (Wildman–Crippen MR) is 101 cm³/mol. The lowest BCUT2D eigenvalue weighted by Crippen LogP contribution is -2.74. The Balaban J connectivity index is 1.90. The van der Waals surface area contributed by atoms with Gasteiger partial charge in [0, 0.05) is 30.1 Å². The van der Waals surface area contributed by atoms with Crippen molar-refractivity contribution in [2.45, 2.75) is 78.3 Å². The summed E-state index contributed by atoms with van der Waals surface area (Å²) in [6, 6.07) is 0. The molecule has 0 spiro atoms. The lowest BCUT2D eigenvalue weighted by atomic mass is 9.37. The molecule has 162 valence electrons. The lowest BCUT2D eigenvalue weighted by molar-refractivity contribution is -0.284. The molecule has 11 atom stereocenters. The van der Waals surface area contributed by atoms with Gasteiger partial charge in [-0.15, -0.1) is 0 Å². The Hall–Kier alpha value is -1.47. The molecule has 4 aliphatic rings. The Bertz CT molecular complexity index is 749. The predicted octanol–water partition coefficient (Wildman–Crippen LogP) is 1.48. The summed E-state index contributed by atoms with van der Waals surface area (Å²) in [5.41, 5.74) is -1.62. The van der Waals surface area contributed by atoms with Crippen LogP contribution in [0.2, 0.25) is 0 Å². The summed E-state index contributed by atoms with van der Waals surface area (Å²) in [4.78, 5) is 37.6. The second-order valence-corrected chi connectivity index (χ2v) is 10.3. The topological polar surface area (TPSA) is 110 Å². The van der Waals surface area contributed by atoms with E-state index in [1.54, 1.807) is 0 Å². The highest BCUT2D eigenvalue weighted by molar-refractivity contribution is 5.90. The maximum absolute atomic E-state index is 13.4. The molecule has 4 fully saturated rings. The van der Waals surface area contributed by atoms with Crippen LogP contribution in [0.4, 0.5) is 0 Å². The van der Waals surface area contributed by atoms with Crippen molar-refractivity contribution < 1.29 is 34.1 Å². The van der Waals surface area contributed by atoms with E-state index in [0.717, 1.165) is 0 Å². The van der Waals surface area contributed by atoms with Crippen molar-refractivity contribution in [1.82, 2.24) is 0 Å². The zero-order valence-electron chi connectivity index (χ0n) is 17.8. The van der Waals surface area contributed by atoms with Crippen molar-refractivity contribution in [3.63, 3.8) is 0 Å². The number of ketones is 1. The average Bonchev–Trinajstić information content (AvgIpc) is 2.62. The minimum absolute atomic E-state index is 0.0371. The maximum Gasteiger partial charge on any atom is 0.306 e.